The lowest BCUT2D eigenvalue weighted by molar-refractivity contribution is 0.603. The monoisotopic (exact) mass is 325 g/mol. The number of anilines is 1. The molecule has 5 heteroatoms. The molecule has 0 atom stereocenters. The first-order valence-electron chi connectivity index (χ1n) is 6.67. The van der Waals surface area contributed by atoms with Crippen molar-refractivity contribution >= 4 is 27.5 Å². The summed E-state index contributed by atoms with van der Waals surface area (Å²) in [5.74, 6) is 0.323. The fourth-order valence-electron chi connectivity index (χ4n) is 2.38. The fraction of sp³-hybridized carbons (Fsp3) is 0.500. The smallest absolute Gasteiger partial charge is 0.161 e. The van der Waals surface area contributed by atoms with Crippen LogP contribution >= 0.6 is 15.9 Å². The number of nitrogen functional groups attached to an aromatic ring is 1. The number of rotatable bonds is 5. The topological polar surface area (TPSA) is 53.1 Å². The molecule has 0 radical (unpaired) electrons. The normalized spacial score (nSPS) is 18.4. The highest BCUT2D eigenvalue weighted by atomic mass is 79.9. The largest absolute Gasteiger partial charge is 0.384 e. The SMILES string of the molecule is N=C(N)c1ccc(N(CC2CC2)C2CC2)c(F)c1Br. The molecule has 0 bridgehead atoms. The van der Waals surface area contributed by atoms with Crippen LogP contribution in [0.15, 0.2) is 16.6 Å². The van der Waals surface area contributed by atoms with Crippen molar-refractivity contribution in [2.75, 3.05) is 11.4 Å². The third kappa shape index (κ3) is 2.61. The summed E-state index contributed by atoms with van der Waals surface area (Å²) in [6, 6.07) is 3.98. The summed E-state index contributed by atoms with van der Waals surface area (Å²) in [5.41, 5.74) is 6.51. The van der Waals surface area contributed by atoms with Gasteiger partial charge in [-0.3, -0.25) is 5.41 Å². The number of halogens is 2. The number of nitrogens with one attached hydrogen (secondary N) is 1. The van der Waals surface area contributed by atoms with Gasteiger partial charge in [0.05, 0.1) is 10.2 Å². The van der Waals surface area contributed by atoms with Crippen LogP contribution in [0.4, 0.5) is 10.1 Å². The van der Waals surface area contributed by atoms with Gasteiger partial charge in [-0.25, -0.2) is 4.39 Å². The molecular weight excluding hydrogens is 309 g/mol. The number of amidine groups is 1. The van der Waals surface area contributed by atoms with Crippen LogP contribution in [-0.2, 0) is 0 Å². The second-order valence-corrected chi connectivity index (χ2v) is 6.29. The standard InChI is InChI=1S/C14H17BrFN3/c15-12-10(14(17)18)5-6-11(13(12)16)19(9-3-4-9)7-8-1-2-8/h5-6,8-9H,1-4,7H2,(H3,17,18). The van der Waals surface area contributed by atoms with Crippen molar-refractivity contribution in [1.82, 2.24) is 0 Å². The Morgan fingerprint density at radius 3 is 2.58 bits per heavy atom. The van der Waals surface area contributed by atoms with Gasteiger partial charge in [0.25, 0.3) is 0 Å². The summed E-state index contributed by atoms with van der Waals surface area (Å²) in [6.07, 6.45) is 4.82. The third-order valence-corrected chi connectivity index (χ3v) is 4.58. The molecule has 1 aromatic rings. The molecule has 19 heavy (non-hydrogen) atoms. The minimum Gasteiger partial charge on any atom is -0.384 e. The van der Waals surface area contributed by atoms with E-state index in [1.165, 1.54) is 12.8 Å². The minimum atomic E-state index is -0.291. The van der Waals surface area contributed by atoms with Crippen molar-refractivity contribution in [3.63, 3.8) is 0 Å². The zero-order chi connectivity index (χ0) is 13.6. The Morgan fingerprint density at radius 1 is 1.37 bits per heavy atom. The van der Waals surface area contributed by atoms with E-state index < -0.39 is 0 Å². The van der Waals surface area contributed by atoms with E-state index in [0.717, 1.165) is 25.3 Å². The summed E-state index contributed by atoms with van der Waals surface area (Å²) < 4.78 is 14.8. The van der Waals surface area contributed by atoms with E-state index >= 15 is 0 Å². The molecule has 2 fully saturated rings. The van der Waals surface area contributed by atoms with Gasteiger partial charge in [0, 0.05) is 18.2 Å². The Bertz CT molecular complexity index is 524. The summed E-state index contributed by atoms with van der Waals surface area (Å²) in [6.45, 7) is 0.952. The second kappa shape index (κ2) is 4.78. The van der Waals surface area contributed by atoms with Gasteiger partial charge in [0.2, 0.25) is 0 Å². The predicted molar refractivity (Wildman–Crippen MR) is 78.2 cm³/mol. The Balaban J connectivity index is 1.93. The zero-order valence-corrected chi connectivity index (χ0v) is 12.2. The van der Waals surface area contributed by atoms with Crippen LogP contribution in [0.1, 0.15) is 31.2 Å². The maximum atomic E-state index is 14.5. The molecule has 2 aliphatic carbocycles. The van der Waals surface area contributed by atoms with Crippen molar-refractivity contribution in [3.8, 4) is 0 Å². The molecular formula is C14H17BrFN3. The van der Waals surface area contributed by atoms with Crippen LogP contribution in [-0.4, -0.2) is 18.4 Å². The molecule has 2 saturated carbocycles. The van der Waals surface area contributed by atoms with E-state index in [1.54, 1.807) is 12.1 Å². The van der Waals surface area contributed by atoms with Gasteiger partial charge >= 0.3 is 0 Å². The van der Waals surface area contributed by atoms with Crippen molar-refractivity contribution in [3.05, 3.63) is 28.0 Å². The van der Waals surface area contributed by atoms with Gasteiger partial charge in [0.1, 0.15) is 5.84 Å². The number of hydrogen-bond donors (Lipinski definition) is 2. The van der Waals surface area contributed by atoms with Crippen molar-refractivity contribution in [1.29, 1.82) is 5.41 Å². The van der Waals surface area contributed by atoms with Crippen LogP contribution in [0.3, 0.4) is 0 Å². The van der Waals surface area contributed by atoms with Gasteiger partial charge in [0.15, 0.2) is 5.82 Å². The van der Waals surface area contributed by atoms with Crippen molar-refractivity contribution < 1.29 is 4.39 Å². The van der Waals surface area contributed by atoms with Crippen molar-refractivity contribution in [2.24, 2.45) is 11.7 Å². The molecule has 0 heterocycles. The number of hydrogen-bond acceptors (Lipinski definition) is 2. The summed E-state index contributed by atoms with van der Waals surface area (Å²) in [4.78, 5) is 2.20. The Morgan fingerprint density at radius 2 is 2.05 bits per heavy atom. The predicted octanol–water partition coefficient (Wildman–Crippen LogP) is 3.25. The lowest BCUT2D eigenvalue weighted by Gasteiger charge is -2.26. The van der Waals surface area contributed by atoms with Crippen LogP contribution in [0.2, 0.25) is 0 Å². The maximum Gasteiger partial charge on any atom is 0.161 e. The van der Waals surface area contributed by atoms with Crippen LogP contribution < -0.4 is 10.6 Å². The average molecular weight is 326 g/mol. The van der Waals surface area contributed by atoms with Crippen LogP contribution in [0.25, 0.3) is 0 Å². The summed E-state index contributed by atoms with van der Waals surface area (Å²) >= 11 is 3.23. The minimum absolute atomic E-state index is 0.113. The van der Waals surface area contributed by atoms with Crippen molar-refractivity contribution in [2.45, 2.75) is 31.7 Å². The summed E-state index contributed by atoms with van der Waals surface area (Å²) in [5, 5.41) is 7.44. The van der Waals surface area contributed by atoms with E-state index in [2.05, 4.69) is 20.8 Å². The second-order valence-electron chi connectivity index (χ2n) is 5.50. The molecule has 0 unspecified atom stereocenters. The van der Waals surface area contributed by atoms with E-state index in [0.29, 0.717) is 21.8 Å². The molecule has 0 spiro atoms. The molecule has 1 aromatic carbocycles. The molecule has 102 valence electrons. The number of nitrogens with two attached hydrogens (primary N) is 1. The molecule has 0 amide bonds. The fourth-order valence-corrected chi connectivity index (χ4v) is 2.93. The van der Waals surface area contributed by atoms with E-state index in [9.17, 15) is 4.39 Å². The molecule has 3 nitrogen and oxygen atoms in total. The first kappa shape index (κ1) is 12.9. The third-order valence-electron chi connectivity index (χ3n) is 3.80. The lowest BCUT2D eigenvalue weighted by atomic mass is 10.1. The van der Waals surface area contributed by atoms with Crippen LogP contribution in [0.5, 0.6) is 0 Å². The van der Waals surface area contributed by atoms with Gasteiger partial charge in [-0.1, -0.05) is 0 Å². The van der Waals surface area contributed by atoms with Crippen LogP contribution in [0, 0.1) is 17.1 Å². The van der Waals surface area contributed by atoms with Gasteiger partial charge in [-0.2, -0.15) is 0 Å². The first-order chi connectivity index (χ1) is 9.08. The van der Waals surface area contributed by atoms with Gasteiger partial charge in [-0.15, -0.1) is 0 Å². The Hall–Kier alpha value is -1.10. The zero-order valence-electron chi connectivity index (χ0n) is 10.6. The Kier molecular flexibility index (Phi) is 3.25. The van der Waals surface area contributed by atoms with E-state index in [4.69, 9.17) is 11.1 Å². The summed E-state index contributed by atoms with van der Waals surface area (Å²) in [7, 11) is 0. The molecule has 3 N–H and O–H groups in total. The number of nitrogens with zero attached hydrogens (tertiary/aromatic N) is 1. The number of benzene rings is 1. The van der Waals surface area contributed by atoms with E-state index in [1.807, 2.05) is 0 Å². The average Bonchev–Trinajstić information content (AvgIpc) is 3.24. The lowest BCUT2D eigenvalue weighted by Crippen LogP contribution is -2.29. The highest BCUT2D eigenvalue weighted by Gasteiger charge is 2.35. The Labute approximate surface area is 120 Å². The maximum absolute atomic E-state index is 14.5. The quantitative estimate of drug-likeness (QED) is 0.645. The molecule has 0 saturated heterocycles. The van der Waals surface area contributed by atoms with Gasteiger partial charge < -0.3 is 10.6 Å². The molecule has 3 rings (SSSR count). The molecule has 2 aliphatic rings. The van der Waals surface area contributed by atoms with E-state index in [-0.39, 0.29) is 11.7 Å². The highest BCUT2D eigenvalue weighted by molar-refractivity contribution is 9.10. The van der Waals surface area contributed by atoms with Gasteiger partial charge in [-0.05, 0) is 59.7 Å². The highest BCUT2D eigenvalue weighted by Crippen LogP contribution is 2.40. The molecule has 0 aliphatic heterocycles. The first-order valence-corrected chi connectivity index (χ1v) is 7.46. The molecule has 0 aromatic heterocycles.